The van der Waals surface area contributed by atoms with Gasteiger partial charge in [0.05, 0.1) is 0 Å². The highest BCUT2D eigenvalue weighted by Crippen LogP contribution is 2.44. The molecule has 0 amide bonds. The number of hydrogen-bond acceptors (Lipinski definition) is 1. The Hall–Kier alpha value is -1.78. The van der Waals surface area contributed by atoms with Crippen molar-refractivity contribution in [3.8, 4) is 5.75 Å². The zero-order chi connectivity index (χ0) is 23.7. The maximum Gasteiger partial charge on any atom is 0.573 e. The quantitative estimate of drug-likeness (QED) is 0.200. The van der Waals surface area contributed by atoms with Crippen LogP contribution in [0.25, 0.3) is 0 Å². The molecule has 3 rings (SSSR count). The van der Waals surface area contributed by atoms with E-state index in [1.54, 1.807) is 6.07 Å². The van der Waals surface area contributed by atoms with E-state index in [1.807, 2.05) is 0 Å². The molecule has 0 unspecified atom stereocenters. The van der Waals surface area contributed by atoms with Gasteiger partial charge in [0, 0.05) is 0 Å². The second-order valence-corrected chi connectivity index (χ2v) is 9.79. The zero-order valence-corrected chi connectivity index (χ0v) is 19.8. The van der Waals surface area contributed by atoms with Gasteiger partial charge < -0.3 is 4.74 Å². The van der Waals surface area contributed by atoms with Gasteiger partial charge in [-0.3, -0.25) is 0 Å². The molecule has 0 bridgehead atoms. The number of unbranched alkanes of at least 4 members (excludes halogenated alkanes) is 2. The van der Waals surface area contributed by atoms with Crippen molar-refractivity contribution in [3.63, 3.8) is 0 Å². The third-order valence-corrected chi connectivity index (χ3v) is 7.44. The molecule has 0 aliphatic heterocycles. The van der Waals surface area contributed by atoms with Crippen LogP contribution in [0, 0.1) is 23.6 Å². The van der Waals surface area contributed by atoms with E-state index in [9.17, 15) is 17.6 Å². The van der Waals surface area contributed by atoms with Crippen molar-refractivity contribution < 1.29 is 22.3 Å². The largest absolute Gasteiger partial charge is 0.573 e. The van der Waals surface area contributed by atoms with Gasteiger partial charge in [0.15, 0.2) is 11.6 Å². The Morgan fingerprint density at radius 3 is 2.06 bits per heavy atom. The lowest BCUT2D eigenvalue weighted by atomic mass is 9.68. The van der Waals surface area contributed by atoms with E-state index in [0.29, 0.717) is 0 Å². The van der Waals surface area contributed by atoms with E-state index in [0.717, 1.165) is 67.9 Å². The van der Waals surface area contributed by atoms with Crippen LogP contribution in [-0.4, -0.2) is 6.36 Å². The summed E-state index contributed by atoms with van der Waals surface area (Å²) in [6.45, 7) is 2.20. The number of alkyl halides is 3. The fourth-order valence-electron chi connectivity index (χ4n) is 5.59. The number of ether oxygens (including phenoxy) is 1. The molecule has 1 aromatic rings. The molecule has 0 N–H and O–H groups in total. The highest BCUT2D eigenvalue weighted by atomic mass is 19.4. The first-order valence-electron chi connectivity index (χ1n) is 12.7. The number of hydrogen-bond donors (Lipinski definition) is 0. The summed E-state index contributed by atoms with van der Waals surface area (Å²) >= 11 is 0. The van der Waals surface area contributed by atoms with Gasteiger partial charge in [-0.2, -0.15) is 0 Å². The standard InChI is InChI=1S/C28H38F4O/c1-2-3-4-5-6-7-8-9-21-10-12-22(13-11-21)23-14-16-24(17-15-23)25-18-19-27(26(29)20-25)33-28(30,31)32/h4-5,8-9,18-24H,2-3,6-7,10-17H2,1H3/b5-4+,9-8+. The second kappa shape index (κ2) is 12.6. The van der Waals surface area contributed by atoms with E-state index in [1.165, 1.54) is 44.6 Å². The molecule has 0 radical (unpaired) electrons. The highest BCUT2D eigenvalue weighted by molar-refractivity contribution is 5.31. The third kappa shape index (κ3) is 8.50. The highest BCUT2D eigenvalue weighted by Gasteiger charge is 2.33. The van der Waals surface area contributed by atoms with Crippen molar-refractivity contribution in [1.82, 2.24) is 0 Å². The van der Waals surface area contributed by atoms with Crippen molar-refractivity contribution in [3.05, 3.63) is 53.9 Å². The van der Waals surface area contributed by atoms with E-state index in [-0.39, 0.29) is 5.92 Å². The van der Waals surface area contributed by atoms with Crippen LogP contribution >= 0.6 is 0 Å². The predicted octanol–water partition coefficient (Wildman–Crippen LogP) is 9.50. The normalized spacial score (nSPS) is 26.8. The lowest BCUT2D eigenvalue weighted by molar-refractivity contribution is -0.275. The van der Waals surface area contributed by atoms with Gasteiger partial charge in [-0.15, -0.1) is 13.2 Å². The number of benzene rings is 1. The smallest absolute Gasteiger partial charge is 0.403 e. The molecular weight excluding hydrogens is 428 g/mol. The van der Waals surface area contributed by atoms with E-state index in [4.69, 9.17) is 0 Å². The summed E-state index contributed by atoms with van der Waals surface area (Å²) in [5.74, 6) is 0.771. The van der Waals surface area contributed by atoms with Crippen LogP contribution in [-0.2, 0) is 0 Å². The summed E-state index contributed by atoms with van der Waals surface area (Å²) in [5.41, 5.74) is 0.791. The molecule has 2 aliphatic carbocycles. The molecular formula is C28H38F4O. The minimum atomic E-state index is -4.87. The first-order chi connectivity index (χ1) is 15.9. The molecule has 0 aromatic heterocycles. The Labute approximate surface area is 196 Å². The Bertz CT molecular complexity index is 767. The first kappa shape index (κ1) is 25.8. The maximum absolute atomic E-state index is 14.1. The van der Waals surface area contributed by atoms with Crippen LogP contribution in [0.1, 0.15) is 95.5 Å². The van der Waals surface area contributed by atoms with Crippen LogP contribution in [0.4, 0.5) is 17.6 Å². The fourth-order valence-corrected chi connectivity index (χ4v) is 5.59. The molecule has 2 fully saturated rings. The van der Waals surface area contributed by atoms with Gasteiger partial charge in [-0.1, -0.05) is 43.7 Å². The predicted molar refractivity (Wildman–Crippen MR) is 126 cm³/mol. The molecule has 2 saturated carbocycles. The molecule has 184 valence electrons. The van der Waals surface area contributed by atoms with Crippen LogP contribution in [0.15, 0.2) is 42.5 Å². The molecule has 33 heavy (non-hydrogen) atoms. The number of halogens is 4. The minimum absolute atomic E-state index is 0.223. The monoisotopic (exact) mass is 466 g/mol. The van der Waals surface area contributed by atoms with Crippen molar-refractivity contribution >= 4 is 0 Å². The molecule has 0 saturated heterocycles. The average molecular weight is 467 g/mol. The van der Waals surface area contributed by atoms with E-state index >= 15 is 0 Å². The van der Waals surface area contributed by atoms with Gasteiger partial charge in [0.1, 0.15) is 0 Å². The lowest BCUT2D eigenvalue weighted by Gasteiger charge is -2.37. The summed E-state index contributed by atoms with van der Waals surface area (Å²) in [7, 11) is 0. The van der Waals surface area contributed by atoms with E-state index in [2.05, 4.69) is 36.0 Å². The van der Waals surface area contributed by atoms with Crippen LogP contribution < -0.4 is 4.74 Å². The molecule has 1 nitrogen and oxygen atoms in total. The molecule has 5 heteroatoms. The van der Waals surface area contributed by atoms with Gasteiger partial charge in [-0.05, 0) is 112 Å². The molecule has 0 heterocycles. The topological polar surface area (TPSA) is 9.23 Å². The lowest BCUT2D eigenvalue weighted by Crippen LogP contribution is -2.25. The third-order valence-electron chi connectivity index (χ3n) is 7.44. The number of allylic oxidation sites excluding steroid dienone is 4. The summed E-state index contributed by atoms with van der Waals surface area (Å²) in [6.07, 6.45) is 18.5. The van der Waals surface area contributed by atoms with Crippen LogP contribution in [0.2, 0.25) is 0 Å². The molecule has 2 aliphatic rings. The minimum Gasteiger partial charge on any atom is -0.403 e. The maximum atomic E-state index is 14.1. The Balaban J connectivity index is 1.39. The summed E-state index contributed by atoms with van der Waals surface area (Å²) < 4.78 is 54.9. The van der Waals surface area contributed by atoms with Gasteiger partial charge in [0.25, 0.3) is 0 Å². The second-order valence-electron chi connectivity index (χ2n) is 9.79. The van der Waals surface area contributed by atoms with Crippen molar-refractivity contribution in [2.45, 2.75) is 96.3 Å². The van der Waals surface area contributed by atoms with Crippen molar-refractivity contribution in [2.24, 2.45) is 17.8 Å². The van der Waals surface area contributed by atoms with Crippen LogP contribution in [0.3, 0.4) is 0 Å². The fraction of sp³-hybridized carbons (Fsp3) is 0.643. The van der Waals surface area contributed by atoms with E-state index < -0.39 is 17.9 Å². The molecule has 1 aromatic carbocycles. The Morgan fingerprint density at radius 1 is 0.848 bits per heavy atom. The molecule has 0 atom stereocenters. The Morgan fingerprint density at radius 2 is 1.45 bits per heavy atom. The Kier molecular flexibility index (Phi) is 9.88. The number of rotatable bonds is 9. The van der Waals surface area contributed by atoms with Crippen molar-refractivity contribution in [2.75, 3.05) is 0 Å². The van der Waals surface area contributed by atoms with Crippen molar-refractivity contribution in [1.29, 1.82) is 0 Å². The van der Waals surface area contributed by atoms with Gasteiger partial charge >= 0.3 is 6.36 Å². The first-order valence-corrected chi connectivity index (χ1v) is 12.7. The average Bonchev–Trinajstić information content (AvgIpc) is 2.79. The SMILES string of the molecule is CCC/C=C/CC/C=C/C1CCC(C2CCC(c3ccc(OC(F)(F)F)c(F)c3)CC2)CC1. The van der Waals surface area contributed by atoms with Crippen LogP contribution in [0.5, 0.6) is 5.75 Å². The zero-order valence-electron chi connectivity index (χ0n) is 19.8. The summed E-state index contributed by atoms with van der Waals surface area (Å²) in [4.78, 5) is 0. The summed E-state index contributed by atoms with van der Waals surface area (Å²) in [6, 6.07) is 3.93. The van der Waals surface area contributed by atoms with Gasteiger partial charge in [-0.25, -0.2) is 4.39 Å². The molecule has 0 spiro atoms. The summed E-state index contributed by atoms with van der Waals surface area (Å²) in [5, 5.41) is 0. The van der Waals surface area contributed by atoms with Gasteiger partial charge in [0.2, 0.25) is 0 Å².